The predicted molar refractivity (Wildman–Crippen MR) is 113 cm³/mol. The van der Waals surface area contributed by atoms with Gasteiger partial charge >= 0.3 is 0 Å². The maximum atomic E-state index is 4.62. The van der Waals surface area contributed by atoms with Crippen molar-refractivity contribution in [3.63, 3.8) is 0 Å². The molecule has 0 N–H and O–H groups in total. The summed E-state index contributed by atoms with van der Waals surface area (Å²) in [5.74, 6) is 0. The van der Waals surface area contributed by atoms with Crippen molar-refractivity contribution >= 4 is 5.71 Å². The van der Waals surface area contributed by atoms with Crippen LogP contribution in [0.5, 0.6) is 0 Å². The van der Waals surface area contributed by atoms with Crippen molar-refractivity contribution in [2.75, 3.05) is 7.05 Å². The van der Waals surface area contributed by atoms with Gasteiger partial charge < -0.3 is 4.90 Å². The smallest absolute Gasteiger partial charge is 0.0663 e. The second kappa shape index (κ2) is 8.53. The van der Waals surface area contributed by atoms with Crippen molar-refractivity contribution in [3.05, 3.63) is 71.0 Å². The summed E-state index contributed by atoms with van der Waals surface area (Å²) in [7, 11) is 1.90. The average Bonchev–Trinajstić information content (AvgIpc) is 2.91. The number of nitrogens with zero attached hydrogens (tertiary/aromatic N) is 2. The largest absolute Gasteiger partial charge is 0.365 e. The molecule has 1 aromatic carbocycles. The lowest BCUT2D eigenvalue weighted by Crippen LogP contribution is -2.39. The van der Waals surface area contributed by atoms with Gasteiger partial charge in [0.25, 0.3) is 0 Å². The predicted octanol–water partition coefficient (Wildman–Crippen LogP) is 5.92. The molecule has 0 amide bonds. The summed E-state index contributed by atoms with van der Waals surface area (Å²) in [6.45, 7) is 6.58. The molecule has 2 saturated heterocycles. The van der Waals surface area contributed by atoms with Gasteiger partial charge in [-0.15, -0.1) is 0 Å². The zero-order valence-electron chi connectivity index (χ0n) is 16.7. The van der Waals surface area contributed by atoms with Gasteiger partial charge in [0.1, 0.15) is 0 Å². The van der Waals surface area contributed by atoms with E-state index in [1.54, 1.807) is 0 Å². The lowest BCUT2D eigenvalue weighted by Gasteiger charge is -2.39. The van der Waals surface area contributed by atoms with E-state index in [-0.39, 0.29) is 0 Å². The zero-order chi connectivity index (χ0) is 18.5. The number of hydrogen-bond donors (Lipinski definition) is 0. The summed E-state index contributed by atoms with van der Waals surface area (Å²) in [6.07, 6.45) is 13.4. The highest BCUT2D eigenvalue weighted by Gasteiger charge is 2.38. The van der Waals surface area contributed by atoms with Crippen molar-refractivity contribution in [2.45, 2.75) is 65.0 Å². The van der Waals surface area contributed by atoms with E-state index in [0.29, 0.717) is 12.1 Å². The van der Waals surface area contributed by atoms with Crippen LogP contribution in [0.1, 0.15) is 58.4 Å². The summed E-state index contributed by atoms with van der Waals surface area (Å²) >= 11 is 0. The third-order valence-electron chi connectivity index (χ3n) is 5.95. The van der Waals surface area contributed by atoms with Crippen molar-refractivity contribution in [1.29, 1.82) is 0 Å². The Kier molecular flexibility index (Phi) is 6.13. The van der Waals surface area contributed by atoms with Crippen LogP contribution in [0.4, 0.5) is 0 Å². The Morgan fingerprint density at radius 3 is 2.27 bits per heavy atom. The first kappa shape index (κ1) is 18.7. The molecule has 138 valence electrons. The van der Waals surface area contributed by atoms with Crippen LogP contribution >= 0.6 is 0 Å². The van der Waals surface area contributed by atoms with Crippen molar-refractivity contribution in [1.82, 2.24) is 4.90 Å². The van der Waals surface area contributed by atoms with Crippen LogP contribution in [0.25, 0.3) is 0 Å². The van der Waals surface area contributed by atoms with Gasteiger partial charge in [0.15, 0.2) is 0 Å². The molecular weight excluding hydrogens is 316 g/mol. The molecule has 2 bridgehead atoms. The molecule has 0 saturated carbocycles. The molecule has 2 unspecified atom stereocenters. The second-order valence-electron chi connectivity index (χ2n) is 7.54. The van der Waals surface area contributed by atoms with Crippen molar-refractivity contribution in [3.8, 4) is 0 Å². The van der Waals surface area contributed by atoms with E-state index in [1.807, 2.05) is 7.05 Å². The van der Waals surface area contributed by atoms with Gasteiger partial charge in [-0.2, -0.15) is 0 Å². The Morgan fingerprint density at radius 1 is 1.04 bits per heavy atom. The topological polar surface area (TPSA) is 15.6 Å². The minimum absolute atomic E-state index is 0.697. The number of fused-ring (bicyclic) bond motifs is 2. The maximum Gasteiger partial charge on any atom is 0.0663 e. The summed E-state index contributed by atoms with van der Waals surface area (Å²) in [5.41, 5.74) is 6.34. The fourth-order valence-corrected chi connectivity index (χ4v) is 4.48. The number of piperidine rings is 1. The number of rotatable bonds is 5. The number of hydrogen-bond acceptors (Lipinski definition) is 2. The summed E-state index contributed by atoms with van der Waals surface area (Å²) < 4.78 is 0. The van der Waals surface area contributed by atoms with Gasteiger partial charge in [-0.3, -0.25) is 4.99 Å². The molecule has 2 aliphatic heterocycles. The molecule has 1 aromatic rings. The standard InChI is InChI=1S/C24H32N2/c1-5-10-18(2)19(3)24(26-21-13-9-14-22(26)16-15-21)17-23(25-4)20-11-7-6-8-12-20/h5-8,10-12,17,21-22H,9,13-16H2,1-4H3/b10-5-,19-18-,24-17-,25-23?. The van der Waals surface area contributed by atoms with Gasteiger partial charge in [-0.25, -0.2) is 0 Å². The van der Waals surface area contributed by atoms with E-state index in [9.17, 15) is 0 Å². The summed E-state index contributed by atoms with van der Waals surface area (Å²) in [6, 6.07) is 11.9. The van der Waals surface area contributed by atoms with E-state index >= 15 is 0 Å². The van der Waals surface area contributed by atoms with Crippen LogP contribution in [-0.2, 0) is 0 Å². The molecule has 26 heavy (non-hydrogen) atoms. The first-order chi connectivity index (χ1) is 12.7. The molecule has 0 radical (unpaired) electrons. The number of aliphatic imine (C=N–C) groups is 1. The molecule has 2 aliphatic rings. The monoisotopic (exact) mass is 348 g/mol. The highest BCUT2D eigenvalue weighted by Crippen LogP contribution is 2.40. The maximum absolute atomic E-state index is 4.62. The Hall–Kier alpha value is -2.09. The van der Waals surface area contributed by atoms with Crippen LogP contribution in [-0.4, -0.2) is 29.7 Å². The highest BCUT2D eigenvalue weighted by molar-refractivity contribution is 6.09. The first-order valence-electron chi connectivity index (χ1n) is 9.98. The van der Waals surface area contributed by atoms with Gasteiger partial charge in [-0.1, -0.05) is 42.5 Å². The third-order valence-corrected chi connectivity index (χ3v) is 5.95. The van der Waals surface area contributed by atoms with Crippen LogP contribution < -0.4 is 0 Å². The lowest BCUT2D eigenvalue weighted by atomic mass is 9.96. The Labute approximate surface area is 159 Å². The highest BCUT2D eigenvalue weighted by atomic mass is 15.2. The summed E-state index contributed by atoms with van der Waals surface area (Å²) in [4.78, 5) is 7.35. The molecule has 0 aromatic heterocycles. The van der Waals surface area contributed by atoms with Crippen molar-refractivity contribution < 1.29 is 0 Å². The molecule has 0 spiro atoms. The normalized spacial score (nSPS) is 25.0. The van der Waals surface area contributed by atoms with Crippen LogP contribution in [0.3, 0.4) is 0 Å². The molecule has 2 nitrogen and oxygen atoms in total. The number of allylic oxidation sites excluding steroid dienone is 5. The van der Waals surface area contributed by atoms with E-state index in [4.69, 9.17) is 0 Å². The van der Waals surface area contributed by atoms with Crippen LogP contribution in [0, 0.1) is 0 Å². The minimum Gasteiger partial charge on any atom is -0.365 e. The van der Waals surface area contributed by atoms with Gasteiger partial charge in [-0.05, 0) is 75.7 Å². The Bertz CT molecular complexity index is 721. The van der Waals surface area contributed by atoms with Gasteiger partial charge in [0, 0.05) is 24.8 Å². The molecule has 0 aliphatic carbocycles. The van der Waals surface area contributed by atoms with Crippen LogP contribution in [0.2, 0.25) is 0 Å². The average molecular weight is 349 g/mol. The number of benzene rings is 1. The quantitative estimate of drug-likeness (QED) is 0.476. The SMILES string of the molecule is C\C=C/C(C)=C(C)\C(=C\C(=NC)c1ccccc1)N1C2CCCC1CC2. The van der Waals surface area contributed by atoms with E-state index in [1.165, 1.54) is 54.5 Å². The molecule has 2 heteroatoms. The van der Waals surface area contributed by atoms with Crippen LogP contribution in [0.15, 0.2) is 70.4 Å². The van der Waals surface area contributed by atoms with Gasteiger partial charge in [0.05, 0.1) is 5.71 Å². The second-order valence-corrected chi connectivity index (χ2v) is 7.54. The lowest BCUT2D eigenvalue weighted by molar-refractivity contribution is 0.191. The first-order valence-corrected chi connectivity index (χ1v) is 9.98. The molecule has 2 heterocycles. The molecule has 2 fully saturated rings. The molecule has 2 atom stereocenters. The van der Waals surface area contributed by atoms with E-state index in [0.717, 1.165) is 5.71 Å². The van der Waals surface area contributed by atoms with E-state index < -0.39 is 0 Å². The van der Waals surface area contributed by atoms with E-state index in [2.05, 4.69) is 79.2 Å². The van der Waals surface area contributed by atoms with Gasteiger partial charge in [0.2, 0.25) is 0 Å². The Balaban J connectivity index is 2.07. The fraction of sp³-hybridized carbons (Fsp3) is 0.458. The Morgan fingerprint density at radius 2 is 1.69 bits per heavy atom. The van der Waals surface area contributed by atoms with Crippen molar-refractivity contribution in [2.24, 2.45) is 4.99 Å². The minimum atomic E-state index is 0.697. The third kappa shape index (κ3) is 3.85. The fourth-order valence-electron chi connectivity index (χ4n) is 4.48. The zero-order valence-corrected chi connectivity index (χ0v) is 16.7. The molecular formula is C24H32N2. The summed E-state index contributed by atoms with van der Waals surface area (Å²) in [5, 5.41) is 0. The molecule has 3 rings (SSSR count).